The summed E-state index contributed by atoms with van der Waals surface area (Å²) in [7, 11) is 0. The van der Waals surface area contributed by atoms with E-state index in [0.29, 0.717) is 0 Å². The molecule has 1 heteroatoms. The largest absolute Gasteiger partial charge is 0.355 e. The van der Waals surface area contributed by atoms with Gasteiger partial charge in [-0.1, -0.05) is 54.7 Å². The maximum Gasteiger partial charge on any atom is 0.0463 e. The summed E-state index contributed by atoms with van der Waals surface area (Å²) < 4.78 is 0. The molecule has 0 spiro atoms. The molecule has 0 aliphatic heterocycles. The van der Waals surface area contributed by atoms with Gasteiger partial charge in [0.05, 0.1) is 0 Å². The van der Waals surface area contributed by atoms with Crippen LogP contribution in [0.15, 0.2) is 78.1 Å². The maximum atomic E-state index is 3.66. The summed E-state index contributed by atoms with van der Waals surface area (Å²) in [6.07, 6.45) is 22.1. The lowest BCUT2D eigenvalue weighted by Gasteiger charge is -2.25. The zero-order chi connectivity index (χ0) is 15.5. The lowest BCUT2D eigenvalue weighted by Crippen LogP contribution is -2.12. The highest BCUT2D eigenvalue weighted by Gasteiger charge is 2.18. The van der Waals surface area contributed by atoms with Crippen LogP contribution in [0.25, 0.3) is 5.57 Å². The number of para-hydroxylation sites is 1. The van der Waals surface area contributed by atoms with Gasteiger partial charge in [-0.3, -0.25) is 0 Å². The molecule has 1 N–H and O–H groups in total. The van der Waals surface area contributed by atoms with Crippen LogP contribution in [0.4, 0.5) is 5.69 Å². The van der Waals surface area contributed by atoms with E-state index >= 15 is 0 Å². The van der Waals surface area contributed by atoms with E-state index in [1.54, 1.807) is 0 Å². The van der Waals surface area contributed by atoms with Crippen LogP contribution in [-0.2, 0) is 0 Å². The van der Waals surface area contributed by atoms with Gasteiger partial charge in [0.25, 0.3) is 0 Å². The minimum Gasteiger partial charge on any atom is -0.355 e. The van der Waals surface area contributed by atoms with Crippen LogP contribution >= 0.6 is 0 Å². The number of fused-ring (bicyclic) bond motifs is 1. The van der Waals surface area contributed by atoms with E-state index in [1.165, 1.54) is 40.9 Å². The monoisotopic (exact) mass is 301 g/mol. The predicted molar refractivity (Wildman–Crippen MR) is 99.1 cm³/mol. The lowest BCUT2D eigenvalue weighted by atomic mass is 9.83. The van der Waals surface area contributed by atoms with Crippen molar-refractivity contribution in [3.8, 4) is 0 Å². The van der Waals surface area contributed by atoms with Gasteiger partial charge in [-0.15, -0.1) is 0 Å². The van der Waals surface area contributed by atoms with Gasteiger partial charge < -0.3 is 5.32 Å². The maximum absolute atomic E-state index is 3.66. The van der Waals surface area contributed by atoms with Crippen LogP contribution in [0, 0.1) is 5.92 Å². The number of hydrogen-bond acceptors (Lipinski definition) is 1. The fraction of sp³-hybridized carbons (Fsp3) is 0.273. The van der Waals surface area contributed by atoms with Gasteiger partial charge in [0.15, 0.2) is 0 Å². The molecule has 0 aromatic heterocycles. The molecular formula is C22H23N. The third-order valence-electron chi connectivity index (χ3n) is 4.92. The predicted octanol–water partition coefficient (Wildman–Crippen LogP) is 6.01. The molecule has 3 aliphatic rings. The highest BCUT2D eigenvalue weighted by atomic mass is 14.9. The van der Waals surface area contributed by atoms with E-state index < -0.39 is 0 Å². The summed E-state index contributed by atoms with van der Waals surface area (Å²) in [4.78, 5) is 0. The fourth-order valence-electron chi connectivity index (χ4n) is 3.65. The summed E-state index contributed by atoms with van der Waals surface area (Å²) in [6, 6.07) is 8.63. The molecular weight excluding hydrogens is 278 g/mol. The topological polar surface area (TPSA) is 12.0 Å². The first-order chi connectivity index (χ1) is 11.4. The van der Waals surface area contributed by atoms with E-state index in [2.05, 4.69) is 72.1 Å². The highest BCUT2D eigenvalue weighted by molar-refractivity contribution is 5.83. The Labute approximate surface area is 138 Å². The van der Waals surface area contributed by atoms with Gasteiger partial charge in [0, 0.05) is 16.9 Å². The van der Waals surface area contributed by atoms with Crippen molar-refractivity contribution < 1.29 is 0 Å². The van der Waals surface area contributed by atoms with Crippen molar-refractivity contribution in [3.05, 3.63) is 83.6 Å². The standard InChI is InChI=1S/C22H23N/c1-2-9-18(10-3-1)21-12-6-7-13-22(21)23-20-15-14-17-8-4-5-11-19(17)16-20/h2,5-7,9-13,15-17,23H,1,3-4,8,14H2. The molecule has 4 rings (SSSR count). The Morgan fingerprint density at radius 3 is 2.74 bits per heavy atom. The molecule has 1 nitrogen and oxygen atoms in total. The first-order valence-electron chi connectivity index (χ1n) is 8.71. The summed E-state index contributed by atoms with van der Waals surface area (Å²) >= 11 is 0. The molecule has 116 valence electrons. The van der Waals surface area contributed by atoms with Gasteiger partial charge in [0.1, 0.15) is 0 Å². The molecule has 1 atom stereocenters. The van der Waals surface area contributed by atoms with E-state index in [4.69, 9.17) is 0 Å². The zero-order valence-corrected chi connectivity index (χ0v) is 13.5. The Bertz CT molecular complexity index is 743. The number of nitrogens with one attached hydrogen (secondary N) is 1. The second-order valence-corrected chi connectivity index (χ2v) is 6.53. The van der Waals surface area contributed by atoms with E-state index in [9.17, 15) is 0 Å². The van der Waals surface area contributed by atoms with Crippen molar-refractivity contribution in [2.75, 3.05) is 5.32 Å². The summed E-state index contributed by atoms with van der Waals surface area (Å²) in [5, 5.41) is 3.66. The Hall–Kier alpha value is -2.28. The molecule has 0 saturated carbocycles. The number of anilines is 1. The second kappa shape index (κ2) is 6.45. The zero-order valence-electron chi connectivity index (χ0n) is 13.5. The molecule has 3 aliphatic carbocycles. The van der Waals surface area contributed by atoms with Crippen LogP contribution in [0.3, 0.4) is 0 Å². The molecule has 0 heterocycles. The van der Waals surface area contributed by atoms with Crippen LogP contribution in [0.1, 0.15) is 37.7 Å². The van der Waals surface area contributed by atoms with Gasteiger partial charge in [-0.25, -0.2) is 0 Å². The van der Waals surface area contributed by atoms with Crippen molar-refractivity contribution in [1.29, 1.82) is 0 Å². The molecule has 1 aromatic carbocycles. The molecule has 0 radical (unpaired) electrons. The van der Waals surface area contributed by atoms with E-state index in [0.717, 1.165) is 25.2 Å². The number of rotatable bonds is 3. The molecule has 0 saturated heterocycles. The van der Waals surface area contributed by atoms with Crippen molar-refractivity contribution in [2.24, 2.45) is 5.92 Å². The normalized spacial score (nSPS) is 22.8. The number of hydrogen-bond donors (Lipinski definition) is 1. The van der Waals surface area contributed by atoms with Gasteiger partial charge in [0.2, 0.25) is 0 Å². The van der Waals surface area contributed by atoms with E-state index in [-0.39, 0.29) is 0 Å². The van der Waals surface area contributed by atoms with Crippen LogP contribution in [-0.4, -0.2) is 0 Å². The summed E-state index contributed by atoms with van der Waals surface area (Å²) in [5.74, 6) is 0.727. The van der Waals surface area contributed by atoms with Crippen LogP contribution < -0.4 is 5.32 Å². The first-order valence-corrected chi connectivity index (χ1v) is 8.71. The van der Waals surface area contributed by atoms with Crippen molar-refractivity contribution in [3.63, 3.8) is 0 Å². The quantitative estimate of drug-likeness (QED) is 0.720. The van der Waals surface area contributed by atoms with E-state index in [1.807, 2.05) is 0 Å². The third-order valence-corrected chi connectivity index (χ3v) is 4.92. The Morgan fingerprint density at radius 2 is 1.83 bits per heavy atom. The van der Waals surface area contributed by atoms with Gasteiger partial charge >= 0.3 is 0 Å². The Morgan fingerprint density at radius 1 is 0.913 bits per heavy atom. The van der Waals surface area contributed by atoms with Gasteiger partial charge in [-0.05, 0) is 61.3 Å². The summed E-state index contributed by atoms with van der Waals surface area (Å²) in [6.45, 7) is 0. The fourth-order valence-corrected chi connectivity index (χ4v) is 3.65. The molecule has 1 unspecified atom stereocenters. The number of allylic oxidation sites excluding steroid dienone is 9. The Balaban J connectivity index is 1.60. The SMILES string of the molecule is C1=CC(c2ccccc2NC2=CCC3CCC=CC3=C2)=CCC1. The average Bonchev–Trinajstić information content (AvgIpc) is 2.63. The van der Waals surface area contributed by atoms with Crippen molar-refractivity contribution in [2.45, 2.75) is 32.1 Å². The lowest BCUT2D eigenvalue weighted by molar-refractivity contribution is 0.563. The summed E-state index contributed by atoms with van der Waals surface area (Å²) in [5.41, 5.74) is 6.54. The van der Waals surface area contributed by atoms with Crippen LogP contribution in [0.2, 0.25) is 0 Å². The van der Waals surface area contributed by atoms with Crippen LogP contribution in [0.5, 0.6) is 0 Å². The Kier molecular flexibility index (Phi) is 4.02. The molecule has 0 fully saturated rings. The first kappa shape index (κ1) is 14.3. The number of benzene rings is 1. The molecule has 0 amide bonds. The second-order valence-electron chi connectivity index (χ2n) is 6.53. The van der Waals surface area contributed by atoms with Gasteiger partial charge in [-0.2, -0.15) is 0 Å². The van der Waals surface area contributed by atoms with Crippen molar-refractivity contribution in [1.82, 2.24) is 0 Å². The third kappa shape index (κ3) is 3.10. The highest BCUT2D eigenvalue weighted by Crippen LogP contribution is 2.34. The minimum atomic E-state index is 0.727. The molecule has 0 bridgehead atoms. The average molecular weight is 301 g/mol. The smallest absolute Gasteiger partial charge is 0.0463 e. The van der Waals surface area contributed by atoms with Crippen molar-refractivity contribution >= 4 is 11.3 Å². The molecule has 23 heavy (non-hydrogen) atoms. The molecule has 1 aromatic rings. The minimum absolute atomic E-state index is 0.727.